The van der Waals surface area contributed by atoms with E-state index in [1.165, 1.54) is 10.5 Å². The zero-order chi connectivity index (χ0) is 14.5. The number of urea groups is 1. The fourth-order valence-corrected chi connectivity index (χ4v) is 3.07. The van der Waals surface area contributed by atoms with Gasteiger partial charge in [-0.15, -0.1) is 0 Å². The monoisotopic (exact) mass is 294 g/mol. The molecule has 108 valence electrons. The molecule has 0 bridgehead atoms. The number of benzene rings is 1. The molecule has 6 heteroatoms. The molecule has 1 aromatic carbocycles. The quantitative estimate of drug-likeness (QED) is 0.890. The zero-order valence-electron chi connectivity index (χ0n) is 11.3. The Hall–Kier alpha value is -1.69. The molecule has 1 heterocycles. The molecule has 2 N–H and O–H groups in total. The van der Waals surface area contributed by atoms with Gasteiger partial charge in [0.15, 0.2) is 0 Å². The molecule has 2 rings (SSSR count). The summed E-state index contributed by atoms with van der Waals surface area (Å²) in [5.74, 6) is 0.289. The number of hydrogen-bond donors (Lipinski definition) is 2. The molecule has 20 heavy (non-hydrogen) atoms. The van der Waals surface area contributed by atoms with Gasteiger partial charge in [-0.1, -0.05) is 29.8 Å². The molecule has 1 atom stereocenters. The normalized spacial score (nSPS) is 18.6. The second kappa shape index (κ2) is 6.65. The van der Waals surface area contributed by atoms with E-state index in [0.29, 0.717) is 18.8 Å². The lowest BCUT2D eigenvalue weighted by atomic mass is 10.1. The molecule has 0 radical (unpaired) electrons. The molecule has 1 fully saturated rings. The van der Waals surface area contributed by atoms with Crippen molar-refractivity contribution in [1.82, 2.24) is 10.2 Å². The number of carboxylic acid groups (broad SMARTS) is 1. The maximum Gasteiger partial charge on any atom is 0.327 e. The summed E-state index contributed by atoms with van der Waals surface area (Å²) in [5, 5.41) is 11.9. The number of amides is 2. The van der Waals surface area contributed by atoms with Gasteiger partial charge in [0.25, 0.3) is 0 Å². The third-order valence-electron chi connectivity index (χ3n) is 3.24. The summed E-state index contributed by atoms with van der Waals surface area (Å²) in [6.45, 7) is 2.89. The first kappa shape index (κ1) is 14.7. The van der Waals surface area contributed by atoms with Gasteiger partial charge in [-0.2, -0.15) is 11.8 Å². The molecule has 1 aromatic rings. The van der Waals surface area contributed by atoms with Crippen LogP contribution in [0.15, 0.2) is 24.3 Å². The van der Waals surface area contributed by atoms with Gasteiger partial charge in [-0.05, 0) is 12.5 Å². The number of nitrogens with one attached hydrogen (secondary N) is 1. The van der Waals surface area contributed by atoms with Crippen LogP contribution in [0.25, 0.3) is 0 Å². The van der Waals surface area contributed by atoms with Gasteiger partial charge >= 0.3 is 12.0 Å². The summed E-state index contributed by atoms with van der Waals surface area (Å²) in [5.41, 5.74) is 2.17. The van der Waals surface area contributed by atoms with Gasteiger partial charge in [0.2, 0.25) is 0 Å². The number of nitrogens with zero attached hydrogens (tertiary/aromatic N) is 1. The molecule has 0 aromatic heterocycles. The van der Waals surface area contributed by atoms with Gasteiger partial charge in [0, 0.05) is 24.6 Å². The Labute approximate surface area is 122 Å². The van der Waals surface area contributed by atoms with Gasteiger partial charge in [-0.25, -0.2) is 9.59 Å². The summed E-state index contributed by atoms with van der Waals surface area (Å²) in [4.78, 5) is 24.7. The topological polar surface area (TPSA) is 69.6 Å². The maximum absolute atomic E-state index is 12.1. The summed E-state index contributed by atoms with van der Waals surface area (Å²) < 4.78 is 0. The number of carbonyl (C=O) groups is 2. The molecular weight excluding hydrogens is 276 g/mol. The number of hydrogen-bond acceptors (Lipinski definition) is 3. The fourth-order valence-electron chi connectivity index (χ4n) is 2.04. The van der Waals surface area contributed by atoms with E-state index in [1.54, 1.807) is 11.8 Å². The van der Waals surface area contributed by atoms with Crippen molar-refractivity contribution in [3.05, 3.63) is 35.4 Å². The summed E-state index contributed by atoms with van der Waals surface area (Å²) in [7, 11) is 0. The van der Waals surface area contributed by atoms with Crippen molar-refractivity contribution < 1.29 is 14.7 Å². The van der Waals surface area contributed by atoms with Crippen molar-refractivity contribution in [3.63, 3.8) is 0 Å². The number of rotatable bonds is 3. The Morgan fingerprint density at radius 3 is 2.75 bits per heavy atom. The van der Waals surface area contributed by atoms with Crippen molar-refractivity contribution in [2.24, 2.45) is 0 Å². The first-order chi connectivity index (χ1) is 9.58. The molecule has 2 amide bonds. The van der Waals surface area contributed by atoms with E-state index in [0.717, 1.165) is 11.3 Å². The van der Waals surface area contributed by atoms with E-state index >= 15 is 0 Å². The predicted octanol–water partition coefficient (Wildman–Crippen LogP) is 1.71. The molecule has 5 nitrogen and oxygen atoms in total. The van der Waals surface area contributed by atoms with Crippen LogP contribution in [0.2, 0.25) is 0 Å². The highest BCUT2D eigenvalue weighted by Gasteiger charge is 2.32. The Kier molecular flexibility index (Phi) is 4.89. The van der Waals surface area contributed by atoms with Crippen molar-refractivity contribution >= 4 is 23.8 Å². The summed E-state index contributed by atoms with van der Waals surface area (Å²) >= 11 is 1.57. The molecule has 1 unspecified atom stereocenters. The maximum atomic E-state index is 12.1. The summed E-state index contributed by atoms with van der Waals surface area (Å²) in [6, 6.07) is 6.84. The minimum Gasteiger partial charge on any atom is -0.480 e. The number of aliphatic carboxylic acids is 1. The Bertz CT molecular complexity index is 490. The lowest BCUT2D eigenvalue weighted by Crippen LogP contribution is -2.53. The smallest absolute Gasteiger partial charge is 0.327 e. The van der Waals surface area contributed by atoms with Crippen LogP contribution in [0, 0.1) is 6.92 Å². The van der Waals surface area contributed by atoms with Crippen LogP contribution in [0.5, 0.6) is 0 Å². The molecule has 1 saturated heterocycles. The second-order valence-corrected chi connectivity index (χ2v) is 5.92. The minimum absolute atomic E-state index is 0.307. The average molecular weight is 294 g/mol. The molecule has 0 aliphatic carbocycles. The molecular formula is C14H18N2O3S. The predicted molar refractivity (Wildman–Crippen MR) is 78.9 cm³/mol. The van der Waals surface area contributed by atoms with Gasteiger partial charge in [0.05, 0.1) is 0 Å². The highest BCUT2D eigenvalue weighted by Crippen LogP contribution is 2.16. The van der Waals surface area contributed by atoms with Crippen LogP contribution < -0.4 is 5.32 Å². The molecule has 1 aliphatic rings. The standard InChI is InChI=1S/C14H18N2O3S/c1-10-2-4-11(5-3-10)8-15-14(19)16-6-7-20-9-12(16)13(17)18/h2-5,12H,6-9H2,1H3,(H,15,19)(H,17,18). The second-order valence-electron chi connectivity index (χ2n) is 4.77. The van der Waals surface area contributed by atoms with Crippen LogP contribution in [0.4, 0.5) is 4.79 Å². The minimum atomic E-state index is -0.942. The van der Waals surface area contributed by atoms with E-state index in [9.17, 15) is 9.59 Å². The Morgan fingerprint density at radius 1 is 1.40 bits per heavy atom. The van der Waals surface area contributed by atoms with Crippen molar-refractivity contribution in [2.45, 2.75) is 19.5 Å². The zero-order valence-corrected chi connectivity index (χ0v) is 12.2. The van der Waals surface area contributed by atoms with Crippen LogP contribution in [-0.2, 0) is 11.3 Å². The third-order valence-corrected chi connectivity index (χ3v) is 4.26. The number of thioether (sulfide) groups is 1. The molecule has 0 saturated carbocycles. The van der Waals surface area contributed by atoms with Crippen molar-refractivity contribution in [1.29, 1.82) is 0 Å². The van der Waals surface area contributed by atoms with Gasteiger partial charge < -0.3 is 15.3 Å². The number of carboxylic acids is 1. The summed E-state index contributed by atoms with van der Waals surface area (Å²) in [6.07, 6.45) is 0. The molecule has 0 spiro atoms. The van der Waals surface area contributed by atoms with Crippen LogP contribution in [-0.4, -0.2) is 46.1 Å². The average Bonchev–Trinajstić information content (AvgIpc) is 2.46. The van der Waals surface area contributed by atoms with E-state index in [4.69, 9.17) is 5.11 Å². The van der Waals surface area contributed by atoms with Crippen molar-refractivity contribution in [2.75, 3.05) is 18.1 Å². The molecule has 1 aliphatic heterocycles. The van der Waals surface area contributed by atoms with Gasteiger partial charge in [-0.3, -0.25) is 0 Å². The van der Waals surface area contributed by atoms with E-state index in [2.05, 4.69) is 5.32 Å². The number of aryl methyl sites for hydroxylation is 1. The van der Waals surface area contributed by atoms with E-state index in [1.807, 2.05) is 31.2 Å². The lowest BCUT2D eigenvalue weighted by molar-refractivity contribution is -0.141. The highest BCUT2D eigenvalue weighted by atomic mass is 32.2. The van der Waals surface area contributed by atoms with Gasteiger partial charge in [0.1, 0.15) is 6.04 Å². The SMILES string of the molecule is Cc1ccc(CNC(=O)N2CCSCC2C(=O)O)cc1. The van der Waals surface area contributed by atoms with Crippen LogP contribution in [0.3, 0.4) is 0 Å². The first-order valence-corrected chi connectivity index (χ1v) is 7.64. The van der Waals surface area contributed by atoms with E-state index < -0.39 is 12.0 Å². The van der Waals surface area contributed by atoms with E-state index in [-0.39, 0.29) is 6.03 Å². The number of carbonyl (C=O) groups excluding carboxylic acids is 1. The largest absolute Gasteiger partial charge is 0.480 e. The lowest BCUT2D eigenvalue weighted by Gasteiger charge is -2.32. The highest BCUT2D eigenvalue weighted by molar-refractivity contribution is 7.99. The van der Waals surface area contributed by atoms with Crippen LogP contribution in [0.1, 0.15) is 11.1 Å². The van der Waals surface area contributed by atoms with Crippen molar-refractivity contribution in [3.8, 4) is 0 Å². The Morgan fingerprint density at radius 2 is 2.10 bits per heavy atom. The van der Waals surface area contributed by atoms with Crippen LogP contribution >= 0.6 is 11.8 Å². The third kappa shape index (κ3) is 3.66. The fraction of sp³-hybridized carbons (Fsp3) is 0.429. The Balaban J connectivity index is 1.93. The first-order valence-electron chi connectivity index (χ1n) is 6.48.